The Bertz CT molecular complexity index is 413. The number of guanidine groups is 1. The van der Waals surface area contributed by atoms with Gasteiger partial charge < -0.3 is 20.3 Å². The first-order chi connectivity index (χ1) is 13.1. The van der Waals surface area contributed by atoms with Crippen LogP contribution in [0.2, 0.25) is 0 Å². The average Bonchev–Trinajstić information content (AvgIpc) is 2.68. The maximum atomic E-state index is 5.85. The maximum Gasteiger partial charge on any atom is 0.191 e. The van der Waals surface area contributed by atoms with Crippen LogP contribution in [0.5, 0.6) is 0 Å². The van der Waals surface area contributed by atoms with Gasteiger partial charge in [0.2, 0.25) is 0 Å². The Hall–Kier alpha value is -0.810. The molecule has 0 radical (unpaired) electrons. The number of nitrogens with one attached hydrogen (secondary N) is 2. The van der Waals surface area contributed by atoms with E-state index in [1.54, 1.807) is 0 Å². The molecule has 1 saturated heterocycles. The van der Waals surface area contributed by atoms with E-state index >= 15 is 0 Å². The zero-order valence-corrected chi connectivity index (χ0v) is 18.3. The van der Waals surface area contributed by atoms with Gasteiger partial charge in [-0.05, 0) is 51.9 Å². The van der Waals surface area contributed by atoms with Gasteiger partial charge in [0, 0.05) is 44.9 Å². The minimum absolute atomic E-state index is 0.306. The molecular formula is C22H44N4O. The van der Waals surface area contributed by atoms with Crippen molar-refractivity contribution in [1.29, 1.82) is 0 Å². The molecule has 0 aromatic heterocycles. The minimum atomic E-state index is 0.306. The highest BCUT2D eigenvalue weighted by atomic mass is 16.5. The van der Waals surface area contributed by atoms with Crippen LogP contribution in [0.15, 0.2) is 4.99 Å². The molecule has 2 rings (SSSR count). The molecule has 0 amide bonds. The molecule has 5 heteroatoms. The van der Waals surface area contributed by atoms with Crippen LogP contribution in [0.25, 0.3) is 0 Å². The van der Waals surface area contributed by atoms with Crippen LogP contribution in [-0.2, 0) is 4.74 Å². The molecule has 1 atom stereocenters. The normalized spacial score (nSPS) is 22.2. The first-order valence-electron chi connectivity index (χ1n) is 11.5. The molecule has 1 heterocycles. The Morgan fingerprint density at radius 3 is 2.37 bits per heavy atom. The van der Waals surface area contributed by atoms with Crippen molar-refractivity contribution in [2.24, 2.45) is 10.9 Å². The van der Waals surface area contributed by atoms with Crippen LogP contribution in [0.1, 0.15) is 79.1 Å². The van der Waals surface area contributed by atoms with Gasteiger partial charge >= 0.3 is 0 Å². The fourth-order valence-electron chi connectivity index (χ4n) is 4.50. The lowest BCUT2D eigenvalue weighted by atomic mass is 9.92. The molecule has 2 N–H and O–H groups in total. The van der Waals surface area contributed by atoms with Crippen molar-refractivity contribution in [3.05, 3.63) is 0 Å². The predicted octanol–water partition coefficient (Wildman–Crippen LogP) is 3.79. The largest absolute Gasteiger partial charge is 0.378 e. The molecule has 1 aliphatic carbocycles. The first kappa shape index (κ1) is 22.5. The van der Waals surface area contributed by atoms with E-state index in [-0.39, 0.29) is 0 Å². The van der Waals surface area contributed by atoms with Crippen LogP contribution in [0, 0.1) is 5.92 Å². The fraction of sp³-hybridized carbons (Fsp3) is 0.955. The summed E-state index contributed by atoms with van der Waals surface area (Å²) in [6, 6.07) is 1.41. The van der Waals surface area contributed by atoms with Gasteiger partial charge in [0.15, 0.2) is 5.96 Å². The third-order valence-corrected chi connectivity index (χ3v) is 6.11. The first-order valence-corrected chi connectivity index (χ1v) is 11.5. The summed E-state index contributed by atoms with van der Waals surface area (Å²) >= 11 is 0. The number of ether oxygens (including phenoxy) is 1. The second kappa shape index (κ2) is 12.6. The van der Waals surface area contributed by atoms with E-state index in [4.69, 9.17) is 9.73 Å². The highest BCUT2D eigenvalue weighted by Crippen LogP contribution is 2.25. The standard InChI is InChI=1S/C22H44N4O/c1-5-23-22(24-15-12-21(18(3)4)27-6-2)25-19-13-16-26(17-14-19)20-10-8-7-9-11-20/h18-21H,5-17H2,1-4H3,(H2,23,24,25). The molecule has 1 unspecified atom stereocenters. The molecule has 158 valence electrons. The second-order valence-electron chi connectivity index (χ2n) is 8.53. The summed E-state index contributed by atoms with van der Waals surface area (Å²) in [6.45, 7) is 13.7. The van der Waals surface area contributed by atoms with Gasteiger partial charge in [-0.25, -0.2) is 0 Å². The Kier molecular flexibility index (Phi) is 10.5. The number of nitrogens with zero attached hydrogens (tertiary/aromatic N) is 2. The molecule has 2 aliphatic rings. The van der Waals surface area contributed by atoms with E-state index in [1.807, 2.05) is 0 Å². The lowest BCUT2D eigenvalue weighted by Crippen LogP contribution is -2.51. The van der Waals surface area contributed by atoms with E-state index in [0.29, 0.717) is 18.1 Å². The summed E-state index contributed by atoms with van der Waals surface area (Å²) in [4.78, 5) is 7.57. The molecule has 5 nitrogen and oxygen atoms in total. The van der Waals surface area contributed by atoms with E-state index in [9.17, 15) is 0 Å². The van der Waals surface area contributed by atoms with E-state index in [1.165, 1.54) is 58.0 Å². The lowest BCUT2D eigenvalue weighted by molar-refractivity contribution is 0.0266. The van der Waals surface area contributed by atoms with Crippen molar-refractivity contribution < 1.29 is 4.74 Å². The maximum absolute atomic E-state index is 5.85. The second-order valence-corrected chi connectivity index (χ2v) is 8.53. The highest BCUT2D eigenvalue weighted by Gasteiger charge is 2.26. The molecule has 0 aromatic carbocycles. The SMILES string of the molecule is CCNC(=NCCC(OCC)C(C)C)NC1CCN(C2CCCCC2)CC1. The van der Waals surface area contributed by atoms with Crippen molar-refractivity contribution in [1.82, 2.24) is 15.5 Å². The van der Waals surface area contributed by atoms with E-state index < -0.39 is 0 Å². The van der Waals surface area contributed by atoms with Gasteiger partial charge in [-0.2, -0.15) is 0 Å². The lowest BCUT2D eigenvalue weighted by Gasteiger charge is -2.39. The minimum Gasteiger partial charge on any atom is -0.378 e. The third-order valence-electron chi connectivity index (χ3n) is 6.11. The van der Waals surface area contributed by atoms with Crippen LogP contribution in [0.4, 0.5) is 0 Å². The molecule has 0 spiro atoms. The molecule has 1 aliphatic heterocycles. The number of piperidine rings is 1. The van der Waals surface area contributed by atoms with Crippen LogP contribution >= 0.6 is 0 Å². The smallest absolute Gasteiger partial charge is 0.191 e. The van der Waals surface area contributed by atoms with Crippen LogP contribution in [0.3, 0.4) is 0 Å². The Morgan fingerprint density at radius 1 is 1.07 bits per heavy atom. The van der Waals surface area contributed by atoms with E-state index in [0.717, 1.165) is 38.1 Å². The quantitative estimate of drug-likeness (QED) is 0.472. The van der Waals surface area contributed by atoms with Crippen molar-refractivity contribution in [3.8, 4) is 0 Å². The molecule has 0 aromatic rings. The number of hydrogen-bond donors (Lipinski definition) is 2. The summed E-state index contributed by atoms with van der Waals surface area (Å²) in [5.74, 6) is 1.52. The van der Waals surface area contributed by atoms with Gasteiger partial charge in [-0.3, -0.25) is 4.99 Å². The fourth-order valence-corrected chi connectivity index (χ4v) is 4.50. The zero-order valence-electron chi connectivity index (χ0n) is 18.3. The van der Waals surface area contributed by atoms with Crippen molar-refractivity contribution in [2.75, 3.05) is 32.8 Å². The molecule has 2 fully saturated rings. The Labute approximate surface area is 167 Å². The van der Waals surface area contributed by atoms with Gasteiger partial charge in [0.1, 0.15) is 0 Å². The zero-order chi connectivity index (χ0) is 19.5. The topological polar surface area (TPSA) is 48.9 Å². The van der Waals surface area contributed by atoms with Crippen molar-refractivity contribution in [2.45, 2.75) is 97.2 Å². The third kappa shape index (κ3) is 7.98. The highest BCUT2D eigenvalue weighted by molar-refractivity contribution is 5.80. The van der Waals surface area contributed by atoms with Crippen molar-refractivity contribution in [3.63, 3.8) is 0 Å². The molecule has 1 saturated carbocycles. The van der Waals surface area contributed by atoms with Crippen LogP contribution < -0.4 is 10.6 Å². The number of likely N-dealkylation sites (tertiary alicyclic amines) is 1. The summed E-state index contributed by atoms with van der Waals surface area (Å²) in [5, 5.41) is 7.11. The molecule has 0 bridgehead atoms. The monoisotopic (exact) mass is 380 g/mol. The van der Waals surface area contributed by atoms with Gasteiger partial charge in [-0.15, -0.1) is 0 Å². The number of aliphatic imine (C=N–C) groups is 1. The molecule has 27 heavy (non-hydrogen) atoms. The molecular weight excluding hydrogens is 336 g/mol. The van der Waals surface area contributed by atoms with Crippen molar-refractivity contribution >= 4 is 5.96 Å². The summed E-state index contributed by atoms with van der Waals surface area (Å²) < 4.78 is 5.85. The van der Waals surface area contributed by atoms with Gasteiger partial charge in [-0.1, -0.05) is 33.1 Å². The van der Waals surface area contributed by atoms with Gasteiger partial charge in [0.05, 0.1) is 6.10 Å². The number of rotatable bonds is 9. The predicted molar refractivity (Wildman–Crippen MR) is 115 cm³/mol. The average molecular weight is 381 g/mol. The summed E-state index contributed by atoms with van der Waals surface area (Å²) in [7, 11) is 0. The summed E-state index contributed by atoms with van der Waals surface area (Å²) in [5.41, 5.74) is 0. The van der Waals surface area contributed by atoms with E-state index in [2.05, 4.69) is 43.2 Å². The van der Waals surface area contributed by atoms with Gasteiger partial charge in [0.25, 0.3) is 0 Å². The van der Waals surface area contributed by atoms with Crippen LogP contribution in [-0.4, -0.2) is 61.8 Å². The Balaban J connectivity index is 1.76. The number of hydrogen-bond acceptors (Lipinski definition) is 3. The summed E-state index contributed by atoms with van der Waals surface area (Å²) in [6.07, 6.45) is 10.9. The Morgan fingerprint density at radius 2 is 1.78 bits per heavy atom.